The van der Waals surface area contributed by atoms with E-state index in [1.807, 2.05) is 6.07 Å². The molecule has 1 heterocycles. The molecule has 16 heavy (non-hydrogen) atoms. The van der Waals surface area contributed by atoms with Crippen LogP contribution in [0.25, 0.3) is 0 Å². The number of nitrogens with zero attached hydrogens (tertiary/aromatic N) is 2. The first kappa shape index (κ1) is 11.6. The summed E-state index contributed by atoms with van der Waals surface area (Å²) in [5.74, 6) is 0. The highest BCUT2D eigenvalue weighted by Gasteiger charge is 2.18. The third-order valence-electron chi connectivity index (χ3n) is 3.46. The molecule has 0 atom stereocenters. The molecule has 1 aliphatic carbocycles. The van der Waals surface area contributed by atoms with Crippen LogP contribution in [0.3, 0.4) is 0 Å². The number of rotatable bonds is 6. The molecule has 0 aliphatic heterocycles. The standard InChI is InChI=1S/C12H22N4/c1-16(12-4-2-3-5-12)9-8-13-10-11-6-7-14-15-11/h6-7,12-13H,2-5,8-10H2,1H3,(H,14,15). The molecule has 2 rings (SSSR count). The van der Waals surface area contributed by atoms with Crippen molar-refractivity contribution in [3.8, 4) is 0 Å². The van der Waals surface area contributed by atoms with Crippen LogP contribution in [0.4, 0.5) is 0 Å². The van der Waals surface area contributed by atoms with Crippen LogP contribution in [0, 0.1) is 0 Å². The van der Waals surface area contributed by atoms with Crippen molar-refractivity contribution in [3.05, 3.63) is 18.0 Å². The van der Waals surface area contributed by atoms with Gasteiger partial charge in [0.25, 0.3) is 0 Å². The minimum Gasteiger partial charge on any atom is -0.310 e. The molecule has 4 nitrogen and oxygen atoms in total. The summed E-state index contributed by atoms with van der Waals surface area (Å²) < 4.78 is 0. The van der Waals surface area contributed by atoms with Gasteiger partial charge in [0.1, 0.15) is 0 Å². The lowest BCUT2D eigenvalue weighted by molar-refractivity contribution is 0.245. The molecule has 1 fully saturated rings. The lowest BCUT2D eigenvalue weighted by atomic mass is 10.2. The SMILES string of the molecule is CN(CCNCc1ccn[nH]1)C1CCCC1. The van der Waals surface area contributed by atoms with Crippen LogP contribution in [0.15, 0.2) is 12.3 Å². The summed E-state index contributed by atoms with van der Waals surface area (Å²) in [7, 11) is 2.24. The van der Waals surface area contributed by atoms with E-state index in [1.54, 1.807) is 6.20 Å². The van der Waals surface area contributed by atoms with Crippen LogP contribution < -0.4 is 5.32 Å². The van der Waals surface area contributed by atoms with Crippen LogP contribution in [-0.2, 0) is 6.54 Å². The molecule has 0 radical (unpaired) electrons. The summed E-state index contributed by atoms with van der Waals surface area (Å²) in [5, 5.41) is 10.3. The largest absolute Gasteiger partial charge is 0.310 e. The minimum atomic E-state index is 0.828. The quantitative estimate of drug-likeness (QED) is 0.715. The number of aromatic nitrogens is 2. The Bertz CT molecular complexity index is 277. The Morgan fingerprint density at radius 1 is 1.50 bits per heavy atom. The number of H-pyrrole nitrogens is 1. The summed E-state index contributed by atoms with van der Waals surface area (Å²) in [6.07, 6.45) is 7.39. The average molecular weight is 222 g/mol. The molecule has 0 spiro atoms. The summed E-state index contributed by atoms with van der Waals surface area (Å²) in [6, 6.07) is 2.84. The number of aromatic amines is 1. The maximum absolute atomic E-state index is 3.92. The van der Waals surface area contributed by atoms with E-state index >= 15 is 0 Å². The van der Waals surface area contributed by atoms with Crippen molar-refractivity contribution in [1.29, 1.82) is 0 Å². The fourth-order valence-electron chi connectivity index (χ4n) is 2.39. The summed E-state index contributed by atoms with van der Waals surface area (Å²) in [4.78, 5) is 2.49. The highest BCUT2D eigenvalue weighted by Crippen LogP contribution is 2.21. The van der Waals surface area contributed by atoms with E-state index in [0.29, 0.717) is 0 Å². The Morgan fingerprint density at radius 2 is 2.31 bits per heavy atom. The van der Waals surface area contributed by atoms with Crippen molar-refractivity contribution in [1.82, 2.24) is 20.4 Å². The van der Waals surface area contributed by atoms with Gasteiger partial charge in [0.15, 0.2) is 0 Å². The second-order valence-corrected chi connectivity index (χ2v) is 4.68. The van der Waals surface area contributed by atoms with Crippen molar-refractivity contribution >= 4 is 0 Å². The van der Waals surface area contributed by atoms with Crippen molar-refractivity contribution in [2.75, 3.05) is 20.1 Å². The van der Waals surface area contributed by atoms with E-state index in [1.165, 1.54) is 25.7 Å². The van der Waals surface area contributed by atoms with Gasteiger partial charge < -0.3 is 10.2 Å². The van der Waals surface area contributed by atoms with Gasteiger partial charge in [0.05, 0.1) is 0 Å². The molecule has 0 aromatic carbocycles. The van der Waals surface area contributed by atoms with Gasteiger partial charge in [-0.25, -0.2) is 0 Å². The summed E-state index contributed by atoms with van der Waals surface area (Å²) in [5.41, 5.74) is 1.16. The lowest BCUT2D eigenvalue weighted by Crippen LogP contribution is -2.35. The first-order valence-corrected chi connectivity index (χ1v) is 6.25. The molecule has 0 amide bonds. The Labute approximate surface area is 97.4 Å². The number of nitrogens with one attached hydrogen (secondary N) is 2. The van der Waals surface area contributed by atoms with Crippen LogP contribution in [0.5, 0.6) is 0 Å². The predicted molar refractivity (Wildman–Crippen MR) is 65.2 cm³/mol. The molecule has 2 N–H and O–H groups in total. The van der Waals surface area contributed by atoms with Crippen LogP contribution in [-0.4, -0.2) is 41.3 Å². The minimum absolute atomic E-state index is 0.828. The van der Waals surface area contributed by atoms with Gasteiger partial charge in [-0.1, -0.05) is 12.8 Å². The van der Waals surface area contributed by atoms with E-state index in [9.17, 15) is 0 Å². The molecule has 1 aromatic rings. The molecule has 4 heteroatoms. The molecule has 0 unspecified atom stereocenters. The van der Waals surface area contributed by atoms with Gasteiger partial charge in [0.2, 0.25) is 0 Å². The molecule has 0 saturated heterocycles. The van der Waals surface area contributed by atoms with Crippen molar-refractivity contribution < 1.29 is 0 Å². The lowest BCUT2D eigenvalue weighted by Gasteiger charge is -2.23. The second kappa shape index (κ2) is 6.01. The molecule has 90 valence electrons. The van der Waals surface area contributed by atoms with E-state index < -0.39 is 0 Å². The van der Waals surface area contributed by atoms with Gasteiger partial charge >= 0.3 is 0 Å². The van der Waals surface area contributed by atoms with Gasteiger partial charge in [-0.3, -0.25) is 5.10 Å². The fourth-order valence-corrected chi connectivity index (χ4v) is 2.39. The Hall–Kier alpha value is -0.870. The number of hydrogen-bond acceptors (Lipinski definition) is 3. The molecule has 1 aromatic heterocycles. The smallest absolute Gasteiger partial charge is 0.0490 e. The highest BCUT2D eigenvalue weighted by atomic mass is 15.2. The molecule has 1 aliphatic rings. The van der Waals surface area contributed by atoms with Gasteiger partial charge in [-0.15, -0.1) is 0 Å². The van der Waals surface area contributed by atoms with Gasteiger partial charge in [-0.2, -0.15) is 5.10 Å². The summed E-state index contributed by atoms with van der Waals surface area (Å²) in [6.45, 7) is 3.07. The van der Waals surface area contributed by atoms with E-state index in [2.05, 4.69) is 27.5 Å². The maximum atomic E-state index is 3.92. The first-order valence-electron chi connectivity index (χ1n) is 6.25. The number of hydrogen-bond donors (Lipinski definition) is 2. The Morgan fingerprint density at radius 3 is 3.00 bits per heavy atom. The fraction of sp³-hybridized carbons (Fsp3) is 0.750. The maximum Gasteiger partial charge on any atom is 0.0490 e. The van der Waals surface area contributed by atoms with Crippen LogP contribution >= 0.6 is 0 Å². The van der Waals surface area contributed by atoms with E-state index in [4.69, 9.17) is 0 Å². The second-order valence-electron chi connectivity index (χ2n) is 4.68. The van der Waals surface area contributed by atoms with Crippen LogP contribution in [0.1, 0.15) is 31.4 Å². The zero-order valence-electron chi connectivity index (χ0n) is 10.1. The van der Waals surface area contributed by atoms with Gasteiger partial charge in [-0.05, 0) is 26.0 Å². The van der Waals surface area contributed by atoms with Crippen molar-refractivity contribution in [2.24, 2.45) is 0 Å². The van der Waals surface area contributed by atoms with E-state index in [-0.39, 0.29) is 0 Å². The first-order chi connectivity index (χ1) is 7.86. The molecular weight excluding hydrogens is 200 g/mol. The van der Waals surface area contributed by atoms with Crippen molar-refractivity contribution in [2.45, 2.75) is 38.3 Å². The predicted octanol–water partition coefficient (Wildman–Crippen LogP) is 1.37. The monoisotopic (exact) mass is 222 g/mol. The zero-order chi connectivity index (χ0) is 11.2. The van der Waals surface area contributed by atoms with Gasteiger partial charge in [0, 0.05) is 37.6 Å². The zero-order valence-corrected chi connectivity index (χ0v) is 10.1. The molecule has 1 saturated carbocycles. The summed E-state index contributed by atoms with van der Waals surface area (Å²) >= 11 is 0. The highest BCUT2D eigenvalue weighted by molar-refractivity contribution is 4.96. The van der Waals surface area contributed by atoms with Crippen molar-refractivity contribution in [3.63, 3.8) is 0 Å². The molecular formula is C12H22N4. The molecule has 0 bridgehead atoms. The average Bonchev–Trinajstić information content (AvgIpc) is 2.96. The third-order valence-corrected chi connectivity index (χ3v) is 3.46. The Kier molecular flexibility index (Phi) is 4.36. The third kappa shape index (κ3) is 3.32. The van der Waals surface area contributed by atoms with Crippen LogP contribution in [0.2, 0.25) is 0 Å². The number of likely N-dealkylation sites (N-methyl/N-ethyl adjacent to an activating group) is 1. The normalized spacial score (nSPS) is 17.4. The topological polar surface area (TPSA) is 44.0 Å². The Balaban J connectivity index is 1.57. The van der Waals surface area contributed by atoms with E-state index in [0.717, 1.165) is 31.4 Å².